The number of thiophene rings is 1. The van der Waals surface area contributed by atoms with Gasteiger partial charge in [-0.15, -0.1) is 11.3 Å². The summed E-state index contributed by atoms with van der Waals surface area (Å²) >= 11 is 3.61. The Morgan fingerprint density at radius 3 is 2.53 bits per heavy atom. The zero-order valence-electron chi connectivity index (χ0n) is 17.9. The number of rotatable bonds is 8. The molecule has 0 saturated heterocycles. The van der Waals surface area contributed by atoms with Crippen molar-refractivity contribution in [3.63, 3.8) is 0 Å². The predicted molar refractivity (Wildman–Crippen MR) is 132 cm³/mol. The van der Waals surface area contributed by atoms with Gasteiger partial charge < -0.3 is 0 Å². The van der Waals surface area contributed by atoms with E-state index in [4.69, 9.17) is 0 Å². The van der Waals surface area contributed by atoms with Crippen molar-refractivity contribution in [1.29, 1.82) is 0 Å². The summed E-state index contributed by atoms with van der Waals surface area (Å²) in [5.74, 6) is 0. The highest BCUT2D eigenvalue weighted by molar-refractivity contribution is 8.11. The summed E-state index contributed by atoms with van der Waals surface area (Å²) in [6, 6.07) is 15.1. The average molecular weight is 438 g/mol. The molecule has 0 radical (unpaired) electrons. The molecule has 2 aromatic carbocycles. The lowest BCUT2D eigenvalue weighted by atomic mass is 9.95. The minimum absolute atomic E-state index is 0.0148. The lowest BCUT2D eigenvalue weighted by Gasteiger charge is -2.12. The third kappa shape index (κ3) is 5.61. The van der Waals surface area contributed by atoms with E-state index in [1.54, 1.807) is 11.8 Å². The summed E-state index contributed by atoms with van der Waals surface area (Å²) in [6.07, 6.45) is 3.56. The van der Waals surface area contributed by atoms with Crippen LogP contribution < -0.4 is 0 Å². The van der Waals surface area contributed by atoms with Crippen molar-refractivity contribution < 1.29 is 4.92 Å². The number of nitrogens with zero attached hydrogens (tertiary/aromatic N) is 1. The standard InChI is InChI=1S/C25H27NO2S2/c1-5-23(25-15-21-8-6-7-9-24(21)30-25)29-16-17(2)12-22-14-18(3)20(13-19(22)4)10-11-26(27)28/h5-9,13-16H,10-12H2,1-4H3/b17-16+,23-5-. The number of fused-ring (bicyclic) bond motifs is 1. The summed E-state index contributed by atoms with van der Waals surface area (Å²) in [7, 11) is 0. The molecule has 30 heavy (non-hydrogen) atoms. The highest BCUT2D eigenvalue weighted by Gasteiger charge is 2.09. The van der Waals surface area contributed by atoms with Crippen LogP contribution in [0.1, 0.15) is 41.0 Å². The van der Waals surface area contributed by atoms with Gasteiger partial charge in [0, 0.05) is 25.8 Å². The smallest absolute Gasteiger partial charge is 0.207 e. The molecule has 0 fully saturated rings. The van der Waals surface area contributed by atoms with Crippen molar-refractivity contribution in [2.75, 3.05) is 6.54 Å². The molecule has 1 aromatic heterocycles. The molecule has 0 unspecified atom stereocenters. The average Bonchev–Trinajstić information content (AvgIpc) is 3.13. The Hall–Kier alpha value is -2.37. The van der Waals surface area contributed by atoms with Gasteiger partial charge >= 0.3 is 0 Å². The first-order valence-electron chi connectivity index (χ1n) is 10.1. The molecule has 0 atom stereocenters. The molecule has 0 aliphatic carbocycles. The van der Waals surface area contributed by atoms with Crippen molar-refractivity contribution in [1.82, 2.24) is 0 Å². The molecule has 3 rings (SSSR count). The minimum atomic E-state index is -0.248. The third-order valence-corrected chi connectivity index (χ3v) is 7.65. The fourth-order valence-electron chi connectivity index (χ4n) is 3.49. The second kappa shape index (κ2) is 10.1. The van der Waals surface area contributed by atoms with Crippen molar-refractivity contribution in [3.05, 3.63) is 96.8 Å². The molecule has 0 saturated carbocycles. The predicted octanol–water partition coefficient (Wildman–Crippen LogP) is 7.58. The number of hydrogen-bond donors (Lipinski definition) is 0. The normalized spacial score (nSPS) is 12.5. The first-order valence-corrected chi connectivity index (χ1v) is 11.8. The highest BCUT2D eigenvalue weighted by atomic mass is 32.2. The molecule has 0 aliphatic rings. The molecule has 0 N–H and O–H groups in total. The number of benzene rings is 2. The Labute approximate surface area is 186 Å². The fourth-order valence-corrected chi connectivity index (χ4v) is 5.51. The van der Waals surface area contributed by atoms with Gasteiger partial charge in [0.15, 0.2) is 0 Å². The van der Waals surface area contributed by atoms with Crippen LogP contribution in [0.4, 0.5) is 0 Å². The Morgan fingerprint density at radius 2 is 1.83 bits per heavy atom. The van der Waals surface area contributed by atoms with Crippen LogP contribution in [-0.4, -0.2) is 11.5 Å². The minimum Gasteiger partial charge on any atom is -0.265 e. The van der Waals surface area contributed by atoms with E-state index in [9.17, 15) is 10.1 Å². The van der Waals surface area contributed by atoms with Gasteiger partial charge in [-0.05, 0) is 79.3 Å². The van der Waals surface area contributed by atoms with E-state index in [2.05, 4.69) is 74.7 Å². The highest BCUT2D eigenvalue weighted by Crippen LogP contribution is 2.37. The zero-order chi connectivity index (χ0) is 21.7. The molecule has 3 aromatic rings. The lowest BCUT2D eigenvalue weighted by Crippen LogP contribution is -2.06. The van der Waals surface area contributed by atoms with Gasteiger partial charge in [-0.3, -0.25) is 10.1 Å². The van der Waals surface area contributed by atoms with Crippen molar-refractivity contribution in [2.24, 2.45) is 0 Å². The van der Waals surface area contributed by atoms with Gasteiger partial charge in [0.1, 0.15) is 0 Å². The van der Waals surface area contributed by atoms with E-state index in [1.165, 1.54) is 36.6 Å². The number of thioether (sulfide) groups is 1. The molecule has 0 aliphatic heterocycles. The molecule has 0 spiro atoms. The van der Waals surface area contributed by atoms with Gasteiger partial charge in [0.05, 0.1) is 0 Å². The fraction of sp³-hybridized carbons (Fsp3) is 0.280. The topological polar surface area (TPSA) is 43.1 Å². The maximum Gasteiger partial charge on any atom is 0.207 e. The van der Waals surface area contributed by atoms with Gasteiger partial charge in [-0.1, -0.05) is 53.7 Å². The molecule has 3 nitrogen and oxygen atoms in total. The van der Waals surface area contributed by atoms with Gasteiger partial charge in [-0.2, -0.15) is 0 Å². The number of allylic oxidation sites excluding steroid dienone is 2. The van der Waals surface area contributed by atoms with Gasteiger partial charge in [0.2, 0.25) is 6.54 Å². The number of hydrogen-bond acceptors (Lipinski definition) is 4. The first kappa shape index (κ1) is 22.3. The van der Waals surface area contributed by atoms with E-state index in [0.29, 0.717) is 6.42 Å². The molecule has 156 valence electrons. The van der Waals surface area contributed by atoms with Crippen LogP contribution in [0.5, 0.6) is 0 Å². The third-order valence-electron chi connectivity index (χ3n) is 5.15. The number of aryl methyl sites for hydroxylation is 2. The zero-order valence-corrected chi connectivity index (χ0v) is 19.5. The van der Waals surface area contributed by atoms with E-state index in [1.807, 2.05) is 18.3 Å². The molecule has 0 bridgehead atoms. The number of nitro groups is 1. The maximum atomic E-state index is 10.7. The maximum absolute atomic E-state index is 10.7. The van der Waals surface area contributed by atoms with E-state index >= 15 is 0 Å². The molecule has 0 amide bonds. The van der Waals surface area contributed by atoms with Crippen LogP contribution in [0.15, 0.2) is 59.5 Å². The van der Waals surface area contributed by atoms with Crippen LogP contribution in [0.25, 0.3) is 15.0 Å². The van der Waals surface area contributed by atoms with Crippen molar-refractivity contribution in [3.8, 4) is 0 Å². The summed E-state index contributed by atoms with van der Waals surface area (Å²) in [6.45, 7) is 8.39. The van der Waals surface area contributed by atoms with Crippen molar-refractivity contribution in [2.45, 2.75) is 40.5 Å². The van der Waals surface area contributed by atoms with E-state index in [-0.39, 0.29) is 11.5 Å². The van der Waals surface area contributed by atoms with Crippen LogP contribution in [0.2, 0.25) is 0 Å². The molecular weight excluding hydrogens is 410 g/mol. The summed E-state index contributed by atoms with van der Waals surface area (Å²) in [5, 5.41) is 14.2. The summed E-state index contributed by atoms with van der Waals surface area (Å²) in [5.41, 5.74) is 6.01. The largest absolute Gasteiger partial charge is 0.265 e. The molecule has 5 heteroatoms. The summed E-state index contributed by atoms with van der Waals surface area (Å²) < 4.78 is 1.32. The van der Waals surface area contributed by atoms with E-state index < -0.39 is 0 Å². The van der Waals surface area contributed by atoms with E-state index in [0.717, 1.165) is 17.5 Å². The second-order valence-electron chi connectivity index (χ2n) is 7.57. The van der Waals surface area contributed by atoms with Crippen LogP contribution in [0, 0.1) is 24.0 Å². The Morgan fingerprint density at radius 1 is 1.13 bits per heavy atom. The Kier molecular flexibility index (Phi) is 7.51. The van der Waals surface area contributed by atoms with Gasteiger partial charge in [-0.25, -0.2) is 0 Å². The van der Waals surface area contributed by atoms with Crippen LogP contribution in [-0.2, 0) is 12.8 Å². The molecular formula is C25H27NO2S2. The lowest BCUT2D eigenvalue weighted by molar-refractivity contribution is -0.479. The van der Waals surface area contributed by atoms with Crippen LogP contribution in [0.3, 0.4) is 0 Å². The van der Waals surface area contributed by atoms with Gasteiger partial charge in [0.25, 0.3) is 0 Å². The summed E-state index contributed by atoms with van der Waals surface area (Å²) in [4.78, 5) is 13.0. The quantitative estimate of drug-likeness (QED) is 0.269. The Bertz CT molecular complexity index is 1090. The SMILES string of the molecule is C/C=C(\S/C=C(\C)Cc1cc(C)c(CC[N+](=O)[O-])cc1C)c1cc2ccccc2s1. The van der Waals surface area contributed by atoms with Crippen molar-refractivity contribution >= 4 is 38.1 Å². The monoisotopic (exact) mass is 437 g/mol. The second-order valence-corrected chi connectivity index (χ2v) is 9.57. The Balaban J connectivity index is 1.71. The molecule has 1 heterocycles. The first-order chi connectivity index (χ1) is 14.4. The van der Waals surface area contributed by atoms with Crippen LogP contribution >= 0.6 is 23.1 Å².